The largest absolute Gasteiger partial charge is 0.353 e. The van der Waals surface area contributed by atoms with Crippen molar-refractivity contribution in [3.63, 3.8) is 0 Å². The third kappa shape index (κ3) is 3.48. The summed E-state index contributed by atoms with van der Waals surface area (Å²) in [7, 11) is 1.91. The molecule has 0 atom stereocenters. The Bertz CT molecular complexity index is 412. The first-order chi connectivity index (χ1) is 8.66. The predicted molar refractivity (Wildman–Crippen MR) is 71.5 cm³/mol. The SMILES string of the molecule is Cc1nnc(SCC(=O)NC2CCCCC2)n1C. The van der Waals surface area contributed by atoms with Crippen LogP contribution in [0.15, 0.2) is 5.16 Å². The van der Waals surface area contributed by atoms with Crippen LogP contribution in [0.3, 0.4) is 0 Å². The quantitative estimate of drug-likeness (QED) is 0.844. The molecule has 18 heavy (non-hydrogen) atoms. The van der Waals surface area contributed by atoms with E-state index in [1.165, 1.54) is 31.0 Å². The van der Waals surface area contributed by atoms with Gasteiger partial charge in [0.2, 0.25) is 5.91 Å². The van der Waals surface area contributed by atoms with E-state index in [0.29, 0.717) is 11.8 Å². The molecular weight excluding hydrogens is 248 g/mol. The number of aryl methyl sites for hydroxylation is 1. The number of nitrogens with zero attached hydrogens (tertiary/aromatic N) is 3. The Balaban J connectivity index is 1.76. The van der Waals surface area contributed by atoms with Crippen LogP contribution in [0.5, 0.6) is 0 Å². The normalized spacial score (nSPS) is 16.8. The molecule has 0 spiro atoms. The van der Waals surface area contributed by atoms with Gasteiger partial charge in [-0.15, -0.1) is 10.2 Å². The van der Waals surface area contributed by atoms with Crippen LogP contribution in [0.25, 0.3) is 0 Å². The molecule has 2 rings (SSSR count). The lowest BCUT2D eigenvalue weighted by Crippen LogP contribution is -2.37. The number of thioether (sulfide) groups is 1. The highest BCUT2D eigenvalue weighted by molar-refractivity contribution is 7.99. The molecule has 1 aromatic rings. The van der Waals surface area contributed by atoms with Crippen molar-refractivity contribution >= 4 is 17.7 Å². The van der Waals surface area contributed by atoms with Crippen LogP contribution < -0.4 is 5.32 Å². The number of hydrogen-bond acceptors (Lipinski definition) is 4. The Morgan fingerprint density at radius 2 is 2.11 bits per heavy atom. The first kappa shape index (κ1) is 13.4. The van der Waals surface area contributed by atoms with Crippen molar-refractivity contribution in [1.82, 2.24) is 20.1 Å². The lowest BCUT2D eigenvalue weighted by atomic mass is 9.95. The molecule has 5 nitrogen and oxygen atoms in total. The van der Waals surface area contributed by atoms with E-state index in [9.17, 15) is 4.79 Å². The summed E-state index contributed by atoms with van der Waals surface area (Å²) < 4.78 is 1.90. The van der Waals surface area contributed by atoms with E-state index < -0.39 is 0 Å². The summed E-state index contributed by atoms with van der Waals surface area (Å²) in [5, 5.41) is 11.9. The molecule has 1 aromatic heterocycles. The van der Waals surface area contributed by atoms with Gasteiger partial charge in [-0.3, -0.25) is 4.79 Å². The van der Waals surface area contributed by atoms with E-state index in [0.717, 1.165) is 23.8 Å². The second kappa shape index (κ2) is 6.22. The van der Waals surface area contributed by atoms with Gasteiger partial charge < -0.3 is 9.88 Å². The van der Waals surface area contributed by atoms with Crippen molar-refractivity contribution in [2.75, 3.05) is 5.75 Å². The summed E-state index contributed by atoms with van der Waals surface area (Å²) in [5.74, 6) is 1.39. The molecule has 0 saturated heterocycles. The second-order valence-electron chi connectivity index (χ2n) is 4.78. The zero-order valence-electron chi connectivity index (χ0n) is 11.0. The van der Waals surface area contributed by atoms with Gasteiger partial charge in [-0.25, -0.2) is 0 Å². The summed E-state index contributed by atoms with van der Waals surface area (Å²) in [6.45, 7) is 1.90. The van der Waals surface area contributed by atoms with E-state index in [4.69, 9.17) is 0 Å². The summed E-state index contributed by atoms with van der Waals surface area (Å²) in [6, 6.07) is 0.382. The molecule has 1 aliphatic rings. The first-order valence-electron chi connectivity index (χ1n) is 6.45. The minimum atomic E-state index is 0.104. The van der Waals surface area contributed by atoms with Gasteiger partial charge in [0.1, 0.15) is 5.82 Å². The molecule has 0 aromatic carbocycles. The van der Waals surface area contributed by atoms with Crippen LogP contribution in [0.4, 0.5) is 0 Å². The third-order valence-corrected chi connectivity index (χ3v) is 4.38. The lowest BCUT2D eigenvalue weighted by Gasteiger charge is -2.22. The summed E-state index contributed by atoms with van der Waals surface area (Å²) in [4.78, 5) is 11.8. The van der Waals surface area contributed by atoms with Crippen LogP contribution in [0.2, 0.25) is 0 Å². The zero-order valence-corrected chi connectivity index (χ0v) is 11.8. The third-order valence-electron chi connectivity index (χ3n) is 3.36. The van der Waals surface area contributed by atoms with Crippen molar-refractivity contribution in [1.29, 1.82) is 0 Å². The molecule has 1 saturated carbocycles. The molecule has 100 valence electrons. The lowest BCUT2D eigenvalue weighted by molar-refractivity contribution is -0.119. The molecule has 0 unspecified atom stereocenters. The Hall–Kier alpha value is -1.04. The van der Waals surface area contributed by atoms with Crippen LogP contribution in [-0.2, 0) is 11.8 Å². The van der Waals surface area contributed by atoms with E-state index in [-0.39, 0.29) is 5.91 Å². The molecule has 0 radical (unpaired) electrons. The highest BCUT2D eigenvalue weighted by Gasteiger charge is 2.16. The van der Waals surface area contributed by atoms with E-state index in [2.05, 4.69) is 15.5 Å². The molecule has 0 bridgehead atoms. The molecule has 1 fully saturated rings. The second-order valence-corrected chi connectivity index (χ2v) is 5.72. The van der Waals surface area contributed by atoms with Gasteiger partial charge in [0.25, 0.3) is 0 Å². The predicted octanol–water partition coefficient (Wildman–Crippen LogP) is 1.66. The van der Waals surface area contributed by atoms with E-state index in [1.54, 1.807) is 0 Å². The molecule has 1 amide bonds. The standard InChI is InChI=1S/C12H20N4OS/c1-9-14-15-12(16(9)2)18-8-11(17)13-10-6-4-3-5-7-10/h10H,3-8H2,1-2H3,(H,13,17). The van der Waals surface area contributed by atoms with Gasteiger partial charge in [0.15, 0.2) is 5.16 Å². The van der Waals surface area contributed by atoms with Crippen LogP contribution in [-0.4, -0.2) is 32.5 Å². The van der Waals surface area contributed by atoms with Gasteiger partial charge in [-0.2, -0.15) is 0 Å². The zero-order chi connectivity index (χ0) is 13.0. The summed E-state index contributed by atoms with van der Waals surface area (Å²) >= 11 is 1.44. The maximum Gasteiger partial charge on any atom is 0.230 e. The fourth-order valence-electron chi connectivity index (χ4n) is 2.16. The Morgan fingerprint density at radius 1 is 1.39 bits per heavy atom. The van der Waals surface area contributed by atoms with Crippen molar-refractivity contribution in [2.45, 2.75) is 50.2 Å². The summed E-state index contributed by atoms with van der Waals surface area (Å²) in [5.41, 5.74) is 0. The molecule has 1 N–H and O–H groups in total. The van der Waals surface area contributed by atoms with Crippen LogP contribution in [0, 0.1) is 6.92 Å². The molecule has 6 heteroatoms. The van der Waals surface area contributed by atoms with Crippen LogP contribution >= 0.6 is 11.8 Å². The average Bonchev–Trinajstić information content (AvgIpc) is 2.69. The molecule has 1 aliphatic carbocycles. The van der Waals surface area contributed by atoms with Gasteiger partial charge in [0.05, 0.1) is 5.75 Å². The monoisotopic (exact) mass is 268 g/mol. The van der Waals surface area contributed by atoms with Gasteiger partial charge >= 0.3 is 0 Å². The van der Waals surface area contributed by atoms with Gasteiger partial charge in [-0.1, -0.05) is 31.0 Å². The van der Waals surface area contributed by atoms with Crippen molar-refractivity contribution < 1.29 is 4.79 Å². The maximum absolute atomic E-state index is 11.8. The molecule has 1 heterocycles. The highest BCUT2D eigenvalue weighted by Crippen LogP contribution is 2.18. The van der Waals surface area contributed by atoms with Crippen molar-refractivity contribution in [3.05, 3.63) is 5.82 Å². The van der Waals surface area contributed by atoms with E-state index in [1.807, 2.05) is 18.5 Å². The number of hydrogen-bond donors (Lipinski definition) is 1. The van der Waals surface area contributed by atoms with E-state index >= 15 is 0 Å². The average molecular weight is 268 g/mol. The fourth-order valence-corrected chi connectivity index (χ4v) is 2.93. The topological polar surface area (TPSA) is 59.8 Å². The van der Waals surface area contributed by atoms with Crippen molar-refractivity contribution in [3.8, 4) is 0 Å². The first-order valence-corrected chi connectivity index (χ1v) is 7.43. The maximum atomic E-state index is 11.8. The number of carbonyl (C=O) groups is 1. The minimum absolute atomic E-state index is 0.104. The van der Waals surface area contributed by atoms with Gasteiger partial charge in [0, 0.05) is 13.1 Å². The van der Waals surface area contributed by atoms with Gasteiger partial charge in [-0.05, 0) is 19.8 Å². The fraction of sp³-hybridized carbons (Fsp3) is 0.750. The number of carbonyl (C=O) groups excluding carboxylic acids is 1. The number of rotatable bonds is 4. The highest BCUT2D eigenvalue weighted by atomic mass is 32.2. The summed E-state index contributed by atoms with van der Waals surface area (Å²) in [6.07, 6.45) is 6.03. The molecular formula is C12H20N4OS. The number of aromatic nitrogens is 3. The smallest absolute Gasteiger partial charge is 0.230 e. The van der Waals surface area contributed by atoms with Crippen molar-refractivity contribution in [2.24, 2.45) is 7.05 Å². The number of amides is 1. The Kier molecular flexibility index (Phi) is 4.63. The number of nitrogens with one attached hydrogen (secondary N) is 1. The Labute approximate surface area is 112 Å². The molecule has 0 aliphatic heterocycles. The minimum Gasteiger partial charge on any atom is -0.353 e. The Morgan fingerprint density at radius 3 is 2.72 bits per heavy atom. The van der Waals surface area contributed by atoms with Crippen LogP contribution in [0.1, 0.15) is 37.9 Å².